The molecule has 1 fully saturated rings. The maximum absolute atomic E-state index is 11.5. The fraction of sp³-hybridized carbons (Fsp3) is 0.444. The number of amides is 1. The molecule has 80 valence electrons. The molecular weight excluding hydrogens is 196 g/mol. The summed E-state index contributed by atoms with van der Waals surface area (Å²) in [6.07, 6.45) is 2.05. The Morgan fingerprint density at radius 2 is 2.40 bits per heavy atom. The molecule has 6 nitrogen and oxygen atoms in total. The first kappa shape index (κ1) is 9.70. The lowest BCUT2D eigenvalue weighted by atomic mass is 10.2. The number of anilines is 1. The van der Waals surface area contributed by atoms with Crippen molar-refractivity contribution in [3.05, 3.63) is 22.7 Å². The first-order valence-electron chi connectivity index (χ1n) is 4.73. The van der Waals surface area contributed by atoms with Gasteiger partial charge in [-0.25, -0.2) is 4.98 Å². The smallest absolute Gasteiger partial charge is 0.252 e. The monoisotopic (exact) mass is 208 g/mol. The highest BCUT2D eigenvalue weighted by atomic mass is 16.2. The summed E-state index contributed by atoms with van der Waals surface area (Å²) in [4.78, 5) is 30.5. The van der Waals surface area contributed by atoms with E-state index in [1.807, 2.05) is 0 Å². The Hall–Kier alpha value is -1.85. The van der Waals surface area contributed by atoms with Crippen LogP contribution in [-0.4, -0.2) is 40.4 Å². The summed E-state index contributed by atoms with van der Waals surface area (Å²) in [6, 6.07) is 1.08. The van der Waals surface area contributed by atoms with E-state index in [2.05, 4.69) is 15.3 Å². The number of carbonyl (C=O) groups excluding carboxylic acids is 1. The van der Waals surface area contributed by atoms with Crippen molar-refractivity contribution >= 4 is 11.7 Å². The Morgan fingerprint density at radius 1 is 1.60 bits per heavy atom. The largest absolute Gasteiger partial charge is 0.358 e. The average Bonchev–Trinajstić information content (AvgIpc) is 2.50. The van der Waals surface area contributed by atoms with Gasteiger partial charge >= 0.3 is 0 Å². The van der Waals surface area contributed by atoms with Gasteiger partial charge in [-0.15, -0.1) is 0 Å². The third kappa shape index (κ3) is 1.98. The highest BCUT2D eigenvalue weighted by Gasteiger charge is 2.28. The summed E-state index contributed by atoms with van der Waals surface area (Å²) in [7, 11) is 1.76. The number of hydrogen-bond acceptors (Lipinski definition) is 4. The Balaban J connectivity index is 2.10. The summed E-state index contributed by atoms with van der Waals surface area (Å²) < 4.78 is 0. The maximum atomic E-state index is 11.5. The van der Waals surface area contributed by atoms with Crippen LogP contribution >= 0.6 is 0 Å². The van der Waals surface area contributed by atoms with Crippen LogP contribution in [0.15, 0.2) is 17.2 Å². The van der Waals surface area contributed by atoms with Crippen LogP contribution in [0.25, 0.3) is 0 Å². The Labute approximate surface area is 86.3 Å². The van der Waals surface area contributed by atoms with Crippen LogP contribution in [0.4, 0.5) is 5.82 Å². The predicted molar refractivity (Wildman–Crippen MR) is 54.5 cm³/mol. The van der Waals surface area contributed by atoms with E-state index in [1.54, 1.807) is 11.9 Å². The summed E-state index contributed by atoms with van der Waals surface area (Å²) in [5, 5.41) is 2.94. The van der Waals surface area contributed by atoms with Gasteiger partial charge in [-0.2, -0.15) is 0 Å². The van der Waals surface area contributed by atoms with Crippen molar-refractivity contribution in [1.29, 1.82) is 0 Å². The number of likely N-dealkylation sites (N-methyl/N-ethyl adjacent to an activating group) is 1. The van der Waals surface area contributed by atoms with Crippen LogP contribution in [-0.2, 0) is 4.79 Å². The molecule has 1 saturated heterocycles. The van der Waals surface area contributed by atoms with E-state index >= 15 is 0 Å². The van der Waals surface area contributed by atoms with Crippen molar-refractivity contribution in [1.82, 2.24) is 14.9 Å². The molecule has 1 aromatic heterocycles. The molecule has 2 heterocycles. The lowest BCUT2D eigenvalue weighted by Crippen LogP contribution is -2.31. The van der Waals surface area contributed by atoms with Gasteiger partial charge in [0.2, 0.25) is 5.91 Å². The lowest BCUT2D eigenvalue weighted by Gasteiger charge is -2.11. The molecule has 1 aliphatic rings. The van der Waals surface area contributed by atoms with Crippen LogP contribution in [0.5, 0.6) is 0 Å². The summed E-state index contributed by atoms with van der Waals surface area (Å²) in [5.41, 5.74) is -0.230. The molecule has 2 rings (SSSR count). The highest BCUT2D eigenvalue weighted by Crippen LogP contribution is 2.12. The Morgan fingerprint density at radius 3 is 3.00 bits per heavy atom. The highest BCUT2D eigenvalue weighted by molar-refractivity contribution is 5.86. The van der Waals surface area contributed by atoms with Gasteiger partial charge in [0.05, 0.1) is 6.33 Å². The molecule has 0 aliphatic carbocycles. The van der Waals surface area contributed by atoms with Crippen LogP contribution in [0.1, 0.15) is 6.42 Å². The third-order valence-electron chi connectivity index (χ3n) is 2.43. The van der Waals surface area contributed by atoms with Gasteiger partial charge in [0.1, 0.15) is 11.9 Å². The van der Waals surface area contributed by atoms with E-state index in [4.69, 9.17) is 0 Å². The second kappa shape index (κ2) is 3.72. The molecule has 0 radical (unpaired) electrons. The van der Waals surface area contributed by atoms with Crippen molar-refractivity contribution in [2.75, 3.05) is 18.9 Å². The normalized spacial score (nSPS) is 20.7. The standard InChI is InChI=1S/C9H12N4O2/c1-13-3-2-6(9(13)15)12-7-4-8(14)11-5-10-7/h4-6H,2-3H2,1H3,(H2,10,11,12,14). The molecule has 1 atom stereocenters. The van der Waals surface area contributed by atoms with Crippen LogP contribution in [0.3, 0.4) is 0 Å². The first-order chi connectivity index (χ1) is 7.16. The first-order valence-corrected chi connectivity index (χ1v) is 4.73. The zero-order valence-electron chi connectivity index (χ0n) is 8.36. The minimum atomic E-state index is -0.260. The van der Waals surface area contributed by atoms with Crippen molar-refractivity contribution in [3.8, 4) is 0 Å². The van der Waals surface area contributed by atoms with Crippen LogP contribution in [0, 0.1) is 0 Å². The molecule has 2 N–H and O–H groups in total. The third-order valence-corrected chi connectivity index (χ3v) is 2.43. The van der Waals surface area contributed by atoms with E-state index < -0.39 is 0 Å². The topological polar surface area (TPSA) is 78.1 Å². The average molecular weight is 208 g/mol. The number of H-pyrrole nitrogens is 1. The number of nitrogens with one attached hydrogen (secondary N) is 2. The second-order valence-corrected chi connectivity index (χ2v) is 3.54. The van der Waals surface area contributed by atoms with Gasteiger partial charge in [-0.1, -0.05) is 0 Å². The zero-order chi connectivity index (χ0) is 10.8. The quantitative estimate of drug-likeness (QED) is 0.681. The molecule has 0 saturated carbocycles. The second-order valence-electron chi connectivity index (χ2n) is 3.54. The summed E-state index contributed by atoms with van der Waals surface area (Å²) in [6.45, 7) is 0.736. The molecular formula is C9H12N4O2. The molecule has 0 aromatic carbocycles. The number of likely N-dealkylation sites (tertiary alicyclic amines) is 1. The maximum Gasteiger partial charge on any atom is 0.252 e. The molecule has 1 aromatic rings. The van der Waals surface area contributed by atoms with E-state index in [0.717, 1.165) is 13.0 Å². The van der Waals surface area contributed by atoms with E-state index in [1.165, 1.54) is 12.4 Å². The Bertz CT molecular complexity index is 428. The predicted octanol–water partition coefficient (Wildman–Crippen LogP) is -0.588. The summed E-state index contributed by atoms with van der Waals surface area (Å²) >= 11 is 0. The van der Waals surface area contributed by atoms with Gasteiger partial charge in [0.15, 0.2) is 0 Å². The lowest BCUT2D eigenvalue weighted by molar-refractivity contribution is -0.127. The number of hydrogen-bond donors (Lipinski definition) is 2. The van der Waals surface area contributed by atoms with Crippen LogP contribution < -0.4 is 10.9 Å². The minimum absolute atomic E-state index is 0.0390. The van der Waals surface area contributed by atoms with Gasteiger partial charge in [-0.05, 0) is 6.42 Å². The number of aromatic amines is 1. The number of aromatic nitrogens is 2. The van der Waals surface area contributed by atoms with Crippen molar-refractivity contribution in [2.45, 2.75) is 12.5 Å². The fourth-order valence-corrected chi connectivity index (χ4v) is 1.58. The van der Waals surface area contributed by atoms with Crippen molar-refractivity contribution < 1.29 is 4.79 Å². The Kier molecular flexibility index (Phi) is 2.40. The SMILES string of the molecule is CN1CCC(Nc2cc(=O)[nH]cn2)C1=O. The fourth-order valence-electron chi connectivity index (χ4n) is 1.58. The van der Waals surface area contributed by atoms with E-state index in [9.17, 15) is 9.59 Å². The molecule has 15 heavy (non-hydrogen) atoms. The van der Waals surface area contributed by atoms with Crippen molar-refractivity contribution in [2.24, 2.45) is 0 Å². The van der Waals surface area contributed by atoms with Gasteiger partial charge in [-0.3, -0.25) is 9.59 Å². The van der Waals surface area contributed by atoms with Crippen molar-refractivity contribution in [3.63, 3.8) is 0 Å². The minimum Gasteiger partial charge on any atom is -0.358 e. The number of carbonyl (C=O) groups is 1. The van der Waals surface area contributed by atoms with Gasteiger partial charge in [0, 0.05) is 19.7 Å². The van der Waals surface area contributed by atoms with Crippen LogP contribution in [0.2, 0.25) is 0 Å². The van der Waals surface area contributed by atoms with Gasteiger partial charge < -0.3 is 15.2 Å². The number of rotatable bonds is 2. The van der Waals surface area contributed by atoms with E-state index in [-0.39, 0.29) is 17.5 Å². The summed E-state index contributed by atoms with van der Waals surface area (Å²) in [5.74, 6) is 0.476. The molecule has 0 bridgehead atoms. The van der Waals surface area contributed by atoms with E-state index in [0.29, 0.717) is 5.82 Å². The molecule has 0 spiro atoms. The molecule has 6 heteroatoms. The molecule has 1 aliphatic heterocycles. The zero-order valence-corrected chi connectivity index (χ0v) is 8.36. The molecule has 1 amide bonds. The van der Waals surface area contributed by atoms with Gasteiger partial charge in [0.25, 0.3) is 5.56 Å². The number of nitrogens with zero attached hydrogens (tertiary/aromatic N) is 2. The molecule has 1 unspecified atom stereocenters.